The Morgan fingerprint density at radius 2 is 2.20 bits per heavy atom. The lowest BCUT2D eigenvalue weighted by atomic mass is 9.92. The maximum atomic E-state index is 10.8. The van der Waals surface area contributed by atoms with Crippen LogP contribution < -0.4 is 5.73 Å². The second-order valence-electron chi connectivity index (χ2n) is 3.62. The summed E-state index contributed by atoms with van der Waals surface area (Å²) in [6, 6.07) is 0. The van der Waals surface area contributed by atoms with Crippen molar-refractivity contribution in [2.24, 2.45) is 5.73 Å². The largest absolute Gasteiger partial charge is 0.390 e. The van der Waals surface area contributed by atoms with E-state index in [1.165, 1.54) is 11.3 Å². The number of nitrogens with zero attached hydrogens (tertiary/aromatic N) is 1. The van der Waals surface area contributed by atoms with Gasteiger partial charge in [-0.2, -0.15) is 0 Å². The number of carbonyl (C=O) groups is 1. The molecule has 1 heterocycles. The first-order chi connectivity index (χ1) is 7.00. The minimum atomic E-state index is -0.719. The summed E-state index contributed by atoms with van der Waals surface area (Å²) in [5.74, 6) is -0.511. The fraction of sp³-hybridized carbons (Fsp3) is 0.600. The van der Waals surface area contributed by atoms with Crippen LogP contribution in [0.5, 0.6) is 0 Å². The molecule has 0 spiro atoms. The Morgan fingerprint density at radius 3 is 2.60 bits per heavy atom. The van der Waals surface area contributed by atoms with Gasteiger partial charge in [0.15, 0.2) is 5.01 Å². The van der Waals surface area contributed by atoms with Gasteiger partial charge in [0.05, 0.1) is 11.3 Å². The van der Waals surface area contributed by atoms with Gasteiger partial charge in [0.2, 0.25) is 0 Å². The summed E-state index contributed by atoms with van der Waals surface area (Å²) >= 11 is 1.22. The highest BCUT2D eigenvalue weighted by Crippen LogP contribution is 2.21. The third-order valence-electron chi connectivity index (χ3n) is 2.59. The molecular formula is C10H16N2O2S. The fourth-order valence-electron chi connectivity index (χ4n) is 1.34. The number of aromatic nitrogens is 1. The average molecular weight is 228 g/mol. The number of rotatable bonds is 5. The van der Waals surface area contributed by atoms with Crippen LogP contribution in [0.3, 0.4) is 0 Å². The van der Waals surface area contributed by atoms with Crippen LogP contribution in [-0.4, -0.2) is 21.6 Å². The lowest BCUT2D eigenvalue weighted by Crippen LogP contribution is -2.29. The van der Waals surface area contributed by atoms with Crippen LogP contribution in [0.4, 0.5) is 0 Å². The lowest BCUT2D eigenvalue weighted by molar-refractivity contribution is 0.0318. The van der Waals surface area contributed by atoms with Crippen LogP contribution in [0.1, 0.15) is 42.2 Å². The number of thiazole rings is 1. The average Bonchev–Trinajstić information content (AvgIpc) is 2.66. The van der Waals surface area contributed by atoms with Crippen molar-refractivity contribution in [1.29, 1.82) is 0 Å². The van der Waals surface area contributed by atoms with Gasteiger partial charge in [0, 0.05) is 11.8 Å². The molecule has 1 aromatic heterocycles. The molecule has 0 unspecified atom stereocenters. The van der Waals surface area contributed by atoms with Gasteiger partial charge in [0.1, 0.15) is 0 Å². The van der Waals surface area contributed by atoms with Gasteiger partial charge >= 0.3 is 0 Å². The molecule has 84 valence electrons. The summed E-state index contributed by atoms with van der Waals surface area (Å²) in [6.45, 7) is 3.87. The predicted octanol–water partition coefficient (Wildman–Crippen LogP) is 1.34. The molecule has 5 heteroatoms. The van der Waals surface area contributed by atoms with Crippen molar-refractivity contribution < 1.29 is 9.90 Å². The molecule has 1 aromatic rings. The molecule has 0 saturated carbocycles. The van der Waals surface area contributed by atoms with Crippen molar-refractivity contribution in [2.75, 3.05) is 0 Å². The van der Waals surface area contributed by atoms with E-state index in [-0.39, 0.29) is 0 Å². The highest BCUT2D eigenvalue weighted by Gasteiger charge is 2.24. The fourth-order valence-corrected chi connectivity index (χ4v) is 2.01. The number of amides is 1. The summed E-state index contributed by atoms with van der Waals surface area (Å²) in [7, 11) is 0. The van der Waals surface area contributed by atoms with E-state index >= 15 is 0 Å². The zero-order valence-corrected chi connectivity index (χ0v) is 9.80. The zero-order valence-electron chi connectivity index (χ0n) is 8.99. The smallest absolute Gasteiger partial charge is 0.277 e. The standard InChI is InChI=1S/C10H16N2O2S/c1-3-10(14,4-2)5-7-6-15-9(12-7)8(11)13/h6,14H,3-5H2,1-2H3,(H2,11,13). The van der Waals surface area contributed by atoms with Crippen LogP contribution in [0.2, 0.25) is 0 Å². The zero-order chi connectivity index (χ0) is 11.5. The van der Waals surface area contributed by atoms with Gasteiger partial charge in [-0.3, -0.25) is 4.79 Å². The Labute approximate surface area is 93.1 Å². The highest BCUT2D eigenvalue weighted by atomic mass is 32.1. The molecule has 0 atom stereocenters. The van der Waals surface area contributed by atoms with Gasteiger partial charge < -0.3 is 10.8 Å². The SMILES string of the molecule is CCC(O)(CC)Cc1csc(C(N)=O)n1. The molecule has 0 saturated heterocycles. The number of aliphatic hydroxyl groups is 1. The van der Waals surface area contributed by atoms with Gasteiger partial charge in [-0.25, -0.2) is 4.98 Å². The predicted molar refractivity (Wildman–Crippen MR) is 59.9 cm³/mol. The van der Waals surface area contributed by atoms with Crippen LogP contribution in [-0.2, 0) is 6.42 Å². The molecule has 0 aliphatic rings. The topological polar surface area (TPSA) is 76.2 Å². The number of nitrogens with two attached hydrogens (primary N) is 1. The molecular weight excluding hydrogens is 212 g/mol. The van der Waals surface area contributed by atoms with Gasteiger partial charge in [-0.05, 0) is 12.8 Å². The maximum Gasteiger partial charge on any atom is 0.277 e. The quantitative estimate of drug-likeness (QED) is 0.798. The minimum Gasteiger partial charge on any atom is -0.390 e. The highest BCUT2D eigenvalue weighted by molar-refractivity contribution is 7.11. The van der Waals surface area contributed by atoms with Crippen molar-refractivity contribution in [3.8, 4) is 0 Å². The normalized spacial score (nSPS) is 11.7. The number of carbonyl (C=O) groups excluding carboxylic acids is 1. The molecule has 15 heavy (non-hydrogen) atoms. The van der Waals surface area contributed by atoms with E-state index in [4.69, 9.17) is 5.73 Å². The Balaban J connectivity index is 2.76. The van der Waals surface area contributed by atoms with Crippen LogP contribution in [0, 0.1) is 0 Å². The van der Waals surface area contributed by atoms with Gasteiger partial charge in [-0.15, -0.1) is 11.3 Å². The van der Waals surface area contributed by atoms with Crippen molar-refractivity contribution in [3.63, 3.8) is 0 Å². The number of hydrogen-bond donors (Lipinski definition) is 2. The van der Waals surface area contributed by atoms with E-state index in [9.17, 15) is 9.90 Å². The third-order valence-corrected chi connectivity index (χ3v) is 3.49. The van der Waals surface area contributed by atoms with Crippen molar-refractivity contribution in [3.05, 3.63) is 16.1 Å². The van der Waals surface area contributed by atoms with Crippen LogP contribution >= 0.6 is 11.3 Å². The van der Waals surface area contributed by atoms with Crippen molar-refractivity contribution in [1.82, 2.24) is 4.98 Å². The molecule has 3 N–H and O–H groups in total. The number of primary amides is 1. The Bertz CT molecular complexity index is 345. The molecule has 4 nitrogen and oxygen atoms in total. The maximum absolute atomic E-state index is 10.8. The van der Waals surface area contributed by atoms with E-state index in [1.54, 1.807) is 5.38 Å². The molecule has 1 rings (SSSR count). The summed E-state index contributed by atoms with van der Waals surface area (Å²) in [5, 5.41) is 12.2. The molecule has 0 aliphatic carbocycles. The molecule has 0 bridgehead atoms. The Morgan fingerprint density at radius 1 is 1.60 bits per heavy atom. The van der Waals surface area contributed by atoms with Crippen molar-refractivity contribution >= 4 is 17.2 Å². The molecule has 0 radical (unpaired) electrons. The molecule has 0 aromatic carbocycles. The summed E-state index contributed by atoms with van der Waals surface area (Å²) in [6.07, 6.45) is 1.82. The van der Waals surface area contributed by atoms with Gasteiger partial charge in [-0.1, -0.05) is 13.8 Å². The summed E-state index contributed by atoms with van der Waals surface area (Å²) < 4.78 is 0. The first-order valence-electron chi connectivity index (χ1n) is 4.97. The van der Waals surface area contributed by atoms with Crippen LogP contribution in [0.15, 0.2) is 5.38 Å². The third kappa shape index (κ3) is 3.00. The van der Waals surface area contributed by atoms with Crippen molar-refractivity contribution in [2.45, 2.75) is 38.7 Å². The van der Waals surface area contributed by atoms with Crippen LogP contribution in [0.25, 0.3) is 0 Å². The second-order valence-corrected chi connectivity index (χ2v) is 4.47. The molecule has 0 fully saturated rings. The molecule has 0 aliphatic heterocycles. The Kier molecular flexibility index (Phi) is 3.82. The first kappa shape index (κ1) is 12.1. The van der Waals surface area contributed by atoms with E-state index in [2.05, 4.69) is 4.98 Å². The lowest BCUT2D eigenvalue weighted by Gasteiger charge is -2.23. The van der Waals surface area contributed by atoms with E-state index < -0.39 is 11.5 Å². The second kappa shape index (κ2) is 4.72. The Hall–Kier alpha value is -0.940. The number of hydrogen-bond acceptors (Lipinski definition) is 4. The van der Waals surface area contributed by atoms with Gasteiger partial charge in [0.25, 0.3) is 5.91 Å². The minimum absolute atomic E-state index is 0.305. The monoisotopic (exact) mass is 228 g/mol. The van der Waals surface area contributed by atoms with E-state index in [0.717, 1.165) is 5.69 Å². The molecule has 1 amide bonds. The summed E-state index contributed by atoms with van der Waals surface area (Å²) in [5.41, 5.74) is 5.12. The summed E-state index contributed by atoms with van der Waals surface area (Å²) in [4.78, 5) is 14.9. The van der Waals surface area contributed by atoms with E-state index in [1.807, 2.05) is 13.8 Å². The van der Waals surface area contributed by atoms with E-state index in [0.29, 0.717) is 24.3 Å². The first-order valence-corrected chi connectivity index (χ1v) is 5.85.